The van der Waals surface area contributed by atoms with Gasteiger partial charge in [0.2, 0.25) is 0 Å². The largest absolute Gasteiger partial charge is 0.364 e. The van der Waals surface area contributed by atoms with Crippen LogP contribution in [0.4, 0.5) is 4.79 Å². The minimum atomic E-state index is -0.0150. The molecular weight excluding hydrogens is 192 g/mol. The summed E-state index contributed by atoms with van der Waals surface area (Å²) in [6.45, 7) is 6.22. The first-order chi connectivity index (χ1) is 7.26. The van der Waals surface area contributed by atoms with Gasteiger partial charge in [-0.15, -0.1) is 0 Å². The molecule has 0 rings (SSSR count). The van der Waals surface area contributed by atoms with Crippen molar-refractivity contribution in [1.29, 1.82) is 0 Å². The lowest BCUT2D eigenvalue weighted by atomic mass is 10.3. The molecule has 1 N–H and O–H groups in total. The minimum absolute atomic E-state index is 0.0150. The van der Waals surface area contributed by atoms with Crippen LogP contribution in [0.25, 0.3) is 0 Å². The third-order valence-corrected chi connectivity index (χ3v) is 2.22. The standard InChI is InChI=1S/C11H24N2O2/c1-4-6-8-13(9-7-5-2)11(14)12-10-15-3/h4-10H2,1-3H3,(H,12,14). The lowest BCUT2D eigenvalue weighted by Gasteiger charge is -2.22. The Morgan fingerprint density at radius 2 is 1.73 bits per heavy atom. The molecule has 2 amide bonds. The number of hydrogen-bond acceptors (Lipinski definition) is 2. The van der Waals surface area contributed by atoms with Crippen molar-refractivity contribution in [2.45, 2.75) is 39.5 Å². The maximum atomic E-state index is 11.6. The number of carbonyl (C=O) groups excluding carboxylic acids is 1. The number of nitrogens with zero attached hydrogens (tertiary/aromatic N) is 1. The van der Waals surface area contributed by atoms with Crippen molar-refractivity contribution in [2.24, 2.45) is 0 Å². The van der Waals surface area contributed by atoms with Crippen LogP contribution in [-0.4, -0.2) is 37.9 Å². The molecule has 0 atom stereocenters. The number of methoxy groups -OCH3 is 1. The van der Waals surface area contributed by atoms with Crippen molar-refractivity contribution in [3.05, 3.63) is 0 Å². The molecule has 0 heterocycles. The van der Waals surface area contributed by atoms with Gasteiger partial charge in [-0.1, -0.05) is 26.7 Å². The van der Waals surface area contributed by atoms with Gasteiger partial charge < -0.3 is 15.0 Å². The number of ether oxygens (including phenoxy) is 1. The number of nitrogens with one attached hydrogen (secondary N) is 1. The number of amides is 2. The Kier molecular flexibility index (Phi) is 9.27. The van der Waals surface area contributed by atoms with Crippen molar-refractivity contribution >= 4 is 6.03 Å². The molecule has 0 saturated carbocycles. The SMILES string of the molecule is CCCCN(CCCC)C(=O)NCOC. The van der Waals surface area contributed by atoms with Gasteiger partial charge in [0.05, 0.1) is 0 Å². The molecule has 0 unspecified atom stereocenters. The van der Waals surface area contributed by atoms with Crippen LogP contribution in [0.1, 0.15) is 39.5 Å². The predicted molar refractivity (Wildman–Crippen MR) is 61.8 cm³/mol. The molecule has 0 aliphatic heterocycles. The molecule has 0 bridgehead atoms. The quantitative estimate of drug-likeness (QED) is 0.632. The summed E-state index contributed by atoms with van der Waals surface area (Å²) in [6, 6.07) is -0.0150. The third-order valence-electron chi connectivity index (χ3n) is 2.22. The predicted octanol–water partition coefficient (Wildman–Crippen LogP) is 2.20. The van der Waals surface area contributed by atoms with E-state index < -0.39 is 0 Å². The van der Waals surface area contributed by atoms with Crippen molar-refractivity contribution in [2.75, 3.05) is 26.9 Å². The van der Waals surface area contributed by atoms with Crippen molar-refractivity contribution in [3.8, 4) is 0 Å². The first kappa shape index (κ1) is 14.2. The van der Waals surface area contributed by atoms with Crippen LogP contribution in [0.2, 0.25) is 0 Å². The van der Waals surface area contributed by atoms with Crippen LogP contribution in [0.15, 0.2) is 0 Å². The minimum Gasteiger partial charge on any atom is -0.364 e. The molecule has 4 nitrogen and oxygen atoms in total. The van der Waals surface area contributed by atoms with Gasteiger partial charge in [-0.2, -0.15) is 0 Å². The topological polar surface area (TPSA) is 41.6 Å². The highest BCUT2D eigenvalue weighted by Crippen LogP contribution is 1.99. The fourth-order valence-electron chi connectivity index (χ4n) is 1.26. The number of rotatable bonds is 8. The summed E-state index contributed by atoms with van der Waals surface area (Å²) in [4.78, 5) is 13.5. The van der Waals surface area contributed by atoms with E-state index in [0.29, 0.717) is 0 Å². The fourth-order valence-corrected chi connectivity index (χ4v) is 1.26. The fraction of sp³-hybridized carbons (Fsp3) is 0.909. The van der Waals surface area contributed by atoms with Gasteiger partial charge >= 0.3 is 6.03 Å². The summed E-state index contributed by atoms with van der Waals surface area (Å²) in [5.41, 5.74) is 0. The number of carbonyl (C=O) groups is 1. The van der Waals surface area contributed by atoms with Crippen molar-refractivity contribution in [1.82, 2.24) is 10.2 Å². The first-order valence-electron chi connectivity index (χ1n) is 5.77. The highest BCUT2D eigenvalue weighted by molar-refractivity contribution is 5.73. The average molecular weight is 216 g/mol. The third kappa shape index (κ3) is 7.19. The van der Waals surface area contributed by atoms with Gasteiger partial charge in [0.1, 0.15) is 6.73 Å². The lowest BCUT2D eigenvalue weighted by Crippen LogP contribution is -2.41. The summed E-state index contributed by atoms with van der Waals surface area (Å²) in [5.74, 6) is 0. The van der Waals surface area contributed by atoms with E-state index in [-0.39, 0.29) is 12.8 Å². The first-order valence-corrected chi connectivity index (χ1v) is 5.77. The number of hydrogen-bond donors (Lipinski definition) is 1. The van der Waals surface area contributed by atoms with Gasteiger partial charge in [-0.05, 0) is 12.8 Å². The normalized spacial score (nSPS) is 10.1. The van der Waals surface area contributed by atoms with E-state index in [2.05, 4.69) is 19.2 Å². The summed E-state index contributed by atoms with van der Waals surface area (Å²) >= 11 is 0. The zero-order valence-corrected chi connectivity index (χ0v) is 10.2. The number of unbranched alkanes of at least 4 members (excludes halogenated alkanes) is 2. The second-order valence-electron chi connectivity index (χ2n) is 3.61. The van der Waals surface area contributed by atoms with E-state index in [9.17, 15) is 4.79 Å². The monoisotopic (exact) mass is 216 g/mol. The Labute approximate surface area is 93.0 Å². The Balaban J connectivity index is 3.90. The van der Waals surface area contributed by atoms with Gasteiger partial charge in [0.25, 0.3) is 0 Å². The van der Waals surface area contributed by atoms with E-state index in [4.69, 9.17) is 4.74 Å². The zero-order chi connectivity index (χ0) is 11.5. The molecule has 0 aromatic rings. The highest BCUT2D eigenvalue weighted by Gasteiger charge is 2.10. The Morgan fingerprint density at radius 3 is 2.13 bits per heavy atom. The maximum absolute atomic E-state index is 11.6. The Hall–Kier alpha value is -0.770. The van der Waals surface area contributed by atoms with E-state index in [1.54, 1.807) is 7.11 Å². The molecule has 0 spiro atoms. The van der Waals surface area contributed by atoms with Crippen LogP contribution in [0, 0.1) is 0 Å². The van der Waals surface area contributed by atoms with Crippen LogP contribution in [0.3, 0.4) is 0 Å². The maximum Gasteiger partial charge on any atom is 0.319 e. The molecule has 0 fully saturated rings. The van der Waals surface area contributed by atoms with Gasteiger partial charge in [0, 0.05) is 20.2 Å². The zero-order valence-electron chi connectivity index (χ0n) is 10.2. The molecule has 0 saturated heterocycles. The summed E-state index contributed by atoms with van der Waals surface area (Å²) in [5, 5.41) is 2.71. The lowest BCUT2D eigenvalue weighted by molar-refractivity contribution is 0.152. The Morgan fingerprint density at radius 1 is 1.20 bits per heavy atom. The molecule has 4 heteroatoms. The molecule has 15 heavy (non-hydrogen) atoms. The second kappa shape index (κ2) is 9.77. The van der Waals surface area contributed by atoms with Crippen LogP contribution in [-0.2, 0) is 4.74 Å². The second-order valence-corrected chi connectivity index (χ2v) is 3.61. The molecule has 0 aromatic carbocycles. The molecule has 0 aliphatic carbocycles. The smallest absolute Gasteiger partial charge is 0.319 e. The molecular formula is C11H24N2O2. The highest BCUT2D eigenvalue weighted by atomic mass is 16.5. The van der Waals surface area contributed by atoms with E-state index >= 15 is 0 Å². The summed E-state index contributed by atoms with van der Waals surface area (Å²) < 4.78 is 4.81. The molecule has 0 aliphatic rings. The molecule has 90 valence electrons. The molecule has 0 radical (unpaired) electrons. The van der Waals surface area contributed by atoms with Crippen LogP contribution in [0.5, 0.6) is 0 Å². The van der Waals surface area contributed by atoms with Crippen molar-refractivity contribution in [3.63, 3.8) is 0 Å². The van der Waals surface area contributed by atoms with E-state index in [1.165, 1.54) is 0 Å². The molecule has 0 aromatic heterocycles. The summed E-state index contributed by atoms with van der Waals surface area (Å²) in [7, 11) is 1.57. The van der Waals surface area contributed by atoms with Crippen LogP contribution < -0.4 is 5.32 Å². The van der Waals surface area contributed by atoms with Crippen molar-refractivity contribution < 1.29 is 9.53 Å². The van der Waals surface area contributed by atoms with Gasteiger partial charge in [-0.25, -0.2) is 4.79 Å². The van der Waals surface area contributed by atoms with Gasteiger partial charge in [0.15, 0.2) is 0 Å². The van der Waals surface area contributed by atoms with Crippen LogP contribution >= 0.6 is 0 Å². The van der Waals surface area contributed by atoms with Gasteiger partial charge in [-0.3, -0.25) is 0 Å². The van der Waals surface area contributed by atoms with E-state index in [1.807, 2.05) is 4.90 Å². The van der Waals surface area contributed by atoms with E-state index in [0.717, 1.165) is 38.8 Å². The summed E-state index contributed by atoms with van der Waals surface area (Å²) in [6.07, 6.45) is 4.34. The Bertz CT molecular complexity index is 155. The average Bonchev–Trinajstić information content (AvgIpc) is 2.26. The number of urea groups is 1.